The summed E-state index contributed by atoms with van der Waals surface area (Å²) in [5, 5.41) is 8.78. The molecule has 18 heavy (non-hydrogen) atoms. The quantitative estimate of drug-likeness (QED) is 0.812. The molecule has 0 radical (unpaired) electrons. The normalized spacial score (nSPS) is 14.0. The van der Waals surface area contributed by atoms with Crippen LogP contribution < -0.4 is 4.90 Å². The van der Waals surface area contributed by atoms with Gasteiger partial charge in [0.25, 0.3) is 0 Å². The Labute approximate surface area is 105 Å². The molecule has 1 aromatic carbocycles. The van der Waals surface area contributed by atoms with Crippen molar-refractivity contribution in [2.45, 2.75) is 12.8 Å². The zero-order valence-electron chi connectivity index (χ0n) is 9.90. The first-order chi connectivity index (χ1) is 8.61. The minimum absolute atomic E-state index is 0.0525. The lowest BCUT2D eigenvalue weighted by Crippen LogP contribution is -2.27. The highest BCUT2D eigenvalue weighted by Crippen LogP contribution is 2.32. The predicted molar refractivity (Wildman–Crippen MR) is 67.1 cm³/mol. The van der Waals surface area contributed by atoms with E-state index in [-0.39, 0.29) is 5.56 Å². The monoisotopic (exact) mass is 247 g/mol. The molecular formula is C14H14FNO2. The molecule has 1 aliphatic carbocycles. The lowest BCUT2D eigenvalue weighted by molar-refractivity contribution is 0.0696. The van der Waals surface area contributed by atoms with E-state index in [4.69, 9.17) is 11.5 Å². The molecule has 0 spiro atoms. The predicted octanol–water partition coefficient (Wildman–Crippen LogP) is 2.37. The van der Waals surface area contributed by atoms with Crippen LogP contribution in [0.2, 0.25) is 0 Å². The number of carboxylic acids is 1. The first kappa shape index (κ1) is 12.4. The van der Waals surface area contributed by atoms with Crippen LogP contribution in [0, 0.1) is 24.1 Å². The van der Waals surface area contributed by atoms with E-state index in [2.05, 4.69) is 5.92 Å². The standard InChI is InChI=1S/C14H14FNO2/c1-2-7-16(9-10-3-4-10)13-6-5-11(14(17)18)8-12(13)15/h1,5-6,8,10H,3-4,7,9H2,(H,17,18). The molecule has 1 aliphatic rings. The summed E-state index contributed by atoms with van der Waals surface area (Å²) in [6, 6.07) is 3.92. The molecular weight excluding hydrogens is 233 g/mol. The molecule has 1 fully saturated rings. The summed E-state index contributed by atoms with van der Waals surface area (Å²) >= 11 is 0. The number of nitrogens with zero attached hydrogens (tertiary/aromatic N) is 1. The number of carbonyl (C=O) groups is 1. The van der Waals surface area contributed by atoms with Gasteiger partial charge in [0.2, 0.25) is 0 Å². The molecule has 1 saturated carbocycles. The van der Waals surface area contributed by atoms with Gasteiger partial charge in [-0.05, 0) is 37.0 Å². The van der Waals surface area contributed by atoms with E-state index in [1.54, 1.807) is 4.90 Å². The highest BCUT2D eigenvalue weighted by molar-refractivity contribution is 5.88. The second kappa shape index (κ2) is 5.09. The Morgan fingerprint density at radius 3 is 2.78 bits per heavy atom. The summed E-state index contributed by atoms with van der Waals surface area (Å²) < 4.78 is 13.9. The third-order valence-corrected chi connectivity index (χ3v) is 2.99. The largest absolute Gasteiger partial charge is 0.478 e. The number of benzene rings is 1. The summed E-state index contributed by atoms with van der Waals surface area (Å²) in [7, 11) is 0. The topological polar surface area (TPSA) is 40.5 Å². The first-order valence-electron chi connectivity index (χ1n) is 5.83. The van der Waals surface area contributed by atoms with E-state index in [0.29, 0.717) is 18.2 Å². The van der Waals surface area contributed by atoms with Crippen LogP contribution in [0.1, 0.15) is 23.2 Å². The van der Waals surface area contributed by atoms with E-state index in [0.717, 1.165) is 25.5 Å². The van der Waals surface area contributed by atoms with Crippen LogP contribution >= 0.6 is 0 Å². The van der Waals surface area contributed by atoms with Gasteiger partial charge in [-0.25, -0.2) is 9.18 Å². The minimum Gasteiger partial charge on any atom is -0.478 e. The molecule has 4 heteroatoms. The number of rotatable bonds is 5. The van der Waals surface area contributed by atoms with Crippen LogP contribution in [0.4, 0.5) is 10.1 Å². The SMILES string of the molecule is C#CCN(CC1CC1)c1ccc(C(=O)O)cc1F. The van der Waals surface area contributed by atoms with Crippen molar-refractivity contribution in [3.05, 3.63) is 29.6 Å². The van der Waals surface area contributed by atoms with Gasteiger partial charge in [0, 0.05) is 6.54 Å². The fourth-order valence-corrected chi connectivity index (χ4v) is 1.87. The molecule has 0 aromatic heterocycles. The molecule has 0 heterocycles. The third kappa shape index (κ3) is 2.80. The summed E-state index contributed by atoms with van der Waals surface area (Å²) in [6.07, 6.45) is 7.58. The van der Waals surface area contributed by atoms with Gasteiger partial charge in [-0.3, -0.25) is 0 Å². The zero-order chi connectivity index (χ0) is 13.1. The molecule has 0 atom stereocenters. The Balaban J connectivity index is 2.23. The van der Waals surface area contributed by atoms with Gasteiger partial charge in [0.05, 0.1) is 17.8 Å². The molecule has 3 nitrogen and oxygen atoms in total. The maximum atomic E-state index is 13.9. The van der Waals surface area contributed by atoms with Crippen LogP contribution in [-0.4, -0.2) is 24.2 Å². The number of halogens is 1. The fourth-order valence-electron chi connectivity index (χ4n) is 1.87. The number of anilines is 1. The molecule has 0 unspecified atom stereocenters. The van der Waals surface area contributed by atoms with Crippen LogP contribution in [0.3, 0.4) is 0 Å². The number of terminal acetylenes is 1. The van der Waals surface area contributed by atoms with Gasteiger partial charge < -0.3 is 10.0 Å². The second-order valence-corrected chi connectivity index (χ2v) is 4.50. The van der Waals surface area contributed by atoms with E-state index >= 15 is 0 Å². The molecule has 0 saturated heterocycles. The van der Waals surface area contributed by atoms with Gasteiger partial charge in [-0.15, -0.1) is 6.42 Å². The maximum absolute atomic E-state index is 13.9. The second-order valence-electron chi connectivity index (χ2n) is 4.50. The van der Waals surface area contributed by atoms with Gasteiger partial charge in [0.1, 0.15) is 5.82 Å². The van der Waals surface area contributed by atoms with Crippen molar-refractivity contribution in [1.29, 1.82) is 0 Å². The summed E-state index contributed by atoms with van der Waals surface area (Å²) in [4.78, 5) is 12.5. The minimum atomic E-state index is -1.13. The Kier molecular flexibility index (Phi) is 3.52. The van der Waals surface area contributed by atoms with Gasteiger partial charge in [-0.1, -0.05) is 5.92 Å². The van der Waals surface area contributed by atoms with Crippen molar-refractivity contribution in [3.8, 4) is 12.3 Å². The van der Waals surface area contributed by atoms with Gasteiger partial charge >= 0.3 is 5.97 Å². The molecule has 94 valence electrons. The highest BCUT2D eigenvalue weighted by Gasteiger charge is 2.25. The average Bonchev–Trinajstić information content (AvgIpc) is 3.12. The first-order valence-corrected chi connectivity index (χ1v) is 5.83. The van der Waals surface area contributed by atoms with Crippen LogP contribution in [0.25, 0.3) is 0 Å². The van der Waals surface area contributed by atoms with Crippen LogP contribution in [0.15, 0.2) is 18.2 Å². The fraction of sp³-hybridized carbons (Fsp3) is 0.357. The zero-order valence-corrected chi connectivity index (χ0v) is 9.90. The van der Waals surface area contributed by atoms with Crippen molar-refractivity contribution < 1.29 is 14.3 Å². The lowest BCUT2D eigenvalue weighted by Gasteiger charge is -2.23. The Morgan fingerprint density at radius 1 is 1.56 bits per heavy atom. The molecule has 0 bridgehead atoms. The Bertz CT molecular complexity index is 503. The third-order valence-electron chi connectivity index (χ3n) is 2.99. The lowest BCUT2D eigenvalue weighted by atomic mass is 10.1. The van der Waals surface area contributed by atoms with Crippen molar-refractivity contribution in [2.75, 3.05) is 18.0 Å². The van der Waals surface area contributed by atoms with Gasteiger partial charge in [-0.2, -0.15) is 0 Å². The van der Waals surface area contributed by atoms with Crippen molar-refractivity contribution in [3.63, 3.8) is 0 Å². The van der Waals surface area contributed by atoms with E-state index in [1.165, 1.54) is 12.1 Å². The summed E-state index contributed by atoms with van der Waals surface area (Å²) in [5.41, 5.74) is 0.327. The van der Waals surface area contributed by atoms with Crippen molar-refractivity contribution in [1.82, 2.24) is 0 Å². The average molecular weight is 247 g/mol. The smallest absolute Gasteiger partial charge is 0.335 e. The molecule has 1 N–H and O–H groups in total. The number of aromatic carboxylic acids is 1. The summed E-state index contributed by atoms with van der Waals surface area (Å²) in [5.74, 6) is 1.42. The molecule has 2 rings (SSSR count). The van der Waals surface area contributed by atoms with Gasteiger partial charge in [0.15, 0.2) is 0 Å². The number of hydrogen-bond acceptors (Lipinski definition) is 2. The number of hydrogen-bond donors (Lipinski definition) is 1. The van der Waals surface area contributed by atoms with E-state index < -0.39 is 11.8 Å². The van der Waals surface area contributed by atoms with E-state index in [1.807, 2.05) is 0 Å². The van der Waals surface area contributed by atoms with Crippen molar-refractivity contribution in [2.24, 2.45) is 5.92 Å². The van der Waals surface area contributed by atoms with Crippen LogP contribution in [0.5, 0.6) is 0 Å². The molecule has 0 aliphatic heterocycles. The highest BCUT2D eigenvalue weighted by atomic mass is 19.1. The maximum Gasteiger partial charge on any atom is 0.335 e. The molecule has 1 aromatic rings. The van der Waals surface area contributed by atoms with Crippen molar-refractivity contribution >= 4 is 11.7 Å². The Hall–Kier alpha value is -2.02. The Morgan fingerprint density at radius 2 is 2.28 bits per heavy atom. The summed E-state index contributed by atoms with van der Waals surface area (Å²) in [6.45, 7) is 1.06. The van der Waals surface area contributed by atoms with Crippen LogP contribution in [-0.2, 0) is 0 Å². The van der Waals surface area contributed by atoms with E-state index in [9.17, 15) is 9.18 Å². The number of carboxylic acid groups (broad SMARTS) is 1. The molecule has 0 amide bonds.